The van der Waals surface area contributed by atoms with Crippen molar-refractivity contribution in [1.29, 1.82) is 0 Å². The fraction of sp³-hybridized carbons (Fsp3) is 1.00. The van der Waals surface area contributed by atoms with Crippen LogP contribution in [0.3, 0.4) is 0 Å². The quantitative estimate of drug-likeness (QED) is 0.816. The Kier molecular flexibility index (Phi) is 34.7. The molecular weight excluding hydrogens is 250 g/mol. The number of rotatable bonds is 2. The fourth-order valence-electron chi connectivity index (χ4n) is 0. The van der Waals surface area contributed by atoms with Crippen molar-refractivity contribution < 1.29 is 35.4 Å². The van der Waals surface area contributed by atoms with Gasteiger partial charge in [-0.05, 0) is 13.8 Å². The van der Waals surface area contributed by atoms with E-state index in [4.69, 9.17) is 11.4 Å². The van der Waals surface area contributed by atoms with Crippen LogP contribution in [0.5, 0.6) is 0 Å². The molecule has 1 N–H and O–H groups in total. The van der Waals surface area contributed by atoms with Crippen LogP contribution in [0.2, 0.25) is 0 Å². The SMILES string of the molecule is CCOCl.CCOCl.[O]=[V](=[O])[OH]. The van der Waals surface area contributed by atoms with Crippen molar-refractivity contribution in [3.8, 4) is 0 Å². The summed E-state index contributed by atoms with van der Waals surface area (Å²) in [5, 5.41) is 0. The molecule has 0 fully saturated rings. The molecule has 0 atom stereocenters. The van der Waals surface area contributed by atoms with Crippen LogP contribution in [-0.4, -0.2) is 17.2 Å². The molecule has 0 aliphatic carbocycles. The summed E-state index contributed by atoms with van der Waals surface area (Å²) in [5.74, 6) is 0. The predicted molar refractivity (Wildman–Crippen MR) is 38.5 cm³/mol. The van der Waals surface area contributed by atoms with Crippen LogP contribution in [0.4, 0.5) is 0 Å². The van der Waals surface area contributed by atoms with Gasteiger partial charge in [0.05, 0.1) is 36.9 Å². The van der Waals surface area contributed by atoms with Gasteiger partial charge in [0.25, 0.3) is 0 Å². The zero-order chi connectivity index (χ0) is 10.4. The van der Waals surface area contributed by atoms with Crippen LogP contribution in [0.25, 0.3) is 0 Å². The van der Waals surface area contributed by atoms with Crippen LogP contribution in [0, 0.1) is 0 Å². The molecule has 0 aliphatic rings. The van der Waals surface area contributed by atoms with E-state index < -0.39 is 15.4 Å². The van der Waals surface area contributed by atoms with E-state index in [2.05, 4.69) is 32.3 Å². The van der Waals surface area contributed by atoms with Crippen molar-refractivity contribution in [3.05, 3.63) is 0 Å². The summed E-state index contributed by atoms with van der Waals surface area (Å²) in [4.78, 5) is 0. The second kappa shape index (κ2) is 22.6. The number of hydrogen-bond acceptors (Lipinski definition) is 4. The molecule has 0 aliphatic heterocycles. The summed E-state index contributed by atoms with van der Waals surface area (Å²) in [6.45, 7) is 4.82. The third kappa shape index (κ3) is 142. The molecule has 0 heterocycles. The number of hydrogen-bond donors (Lipinski definition) is 1. The van der Waals surface area contributed by atoms with Crippen molar-refractivity contribution in [1.82, 2.24) is 0 Å². The molecule has 0 spiro atoms. The molecule has 0 saturated carbocycles. The number of halogens is 2. The molecule has 5 nitrogen and oxygen atoms in total. The Morgan fingerprint density at radius 1 is 1.17 bits per heavy atom. The Morgan fingerprint density at radius 3 is 1.25 bits per heavy atom. The van der Waals surface area contributed by atoms with Crippen molar-refractivity contribution in [2.75, 3.05) is 13.2 Å². The Hall–Kier alpha value is 0.644. The monoisotopic (exact) mass is 260 g/mol. The summed E-state index contributed by atoms with van der Waals surface area (Å²) in [7, 11) is 0. The Morgan fingerprint density at radius 2 is 1.25 bits per heavy atom. The van der Waals surface area contributed by atoms with E-state index in [0.717, 1.165) is 0 Å². The van der Waals surface area contributed by atoms with Gasteiger partial charge in [-0.3, -0.25) is 8.58 Å². The minimum atomic E-state index is -3.69. The van der Waals surface area contributed by atoms with Gasteiger partial charge in [0.1, 0.15) is 0 Å². The minimum absolute atomic E-state index is 0.585. The van der Waals surface area contributed by atoms with Gasteiger partial charge >= 0.3 is 26.8 Å². The maximum absolute atomic E-state index is 8.67. The summed E-state index contributed by atoms with van der Waals surface area (Å²) >= 11 is 5.68. The van der Waals surface area contributed by atoms with E-state index in [1.807, 2.05) is 13.8 Å². The van der Waals surface area contributed by atoms with Gasteiger partial charge in [0, 0.05) is 0 Å². The van der Waals surface area contributed by atoms with Gasteiger partial charge in [0.15, 0.2) is 0 Å². The normalized spacial score (nSPS) is 7.08. The molecule has 0 aromatic rings. The first-order valence-electron chi connectivity index (χ1n) is 2.87. The molecule has 0 unspecified atom stereocenters. The second-order valence-corrected chi connectivity index (χ2v) is 2.21. The third-order valence-corrected chi connectivity index (χ3v) is 0.655. The van der Waals surface area contributed by atoms with Gasteiger partial charge in [-0.15, -0.1) is 0 Å². The Bertz CT molecular complexity index is 102. The van der Waals surface area contributed by atoms with E-state index >= 15 is 0 Å². The van der Waals surface area contributed by atoms with E-state index in [1.54, 1.807) is 0 Å². The first-order chi connectivity index (χ1) is 5.56. The van der Waals surface area contributed by atoms with Gasteiger partial charge < -0.3 is 0 Å². The van der Waals surface area contributed by atoms with Crippen molar-refractivity contribution >= 4 is 23.7 Å². The Balaban J connectivity index is -0.000000101. The van der Waals surface area contributed by atoms with Crippen molar-refractivity contribution in [2.24, 2.45) is 0 Å². The second-order valence-electron chi connectivity index (χ2n) is 1.03. The molecule has 0 aromatic carbocycles. The summed E-state index contributed by atoms with van der Waals surface area (Å²) in [5.41, 5.74) is 0. The Labute approximate surface area is 86.3 Å². The zero-order valence-corrected chi connectivity index (χ0v) is 9.61. The van der Waals surface area contributed by atoms with Crippen LogP contribution in [0.15, 0.2) is 0 Å². The average Bonchev–Trinajstić information content (AvgIpc) is 2.03. The standard InChI is InChI=1S/2C2H5ClO.H2O.2O.V/c2*1-2-4-3;;;;/h2*2H2,1H3;1H2;;;/q;;;;;+1/p-1. The predicted octanol–water partition coefficient (Wildman–Crippen LogP) is 1.56. The van der Waals surface area contributed by atoms with Crippen molar-refractivity contribution in [3.63, 3.8) is 0 Å². The van der Waals surface area contributed by atoms with E-state index in [1.165, 1.54) is 0 Å². The molecule has 0 radical (unpaired) electrons. The molecule has 0 rings (SSSR count). The molecule has 0 bridgehead atoms. The van der Waals surface area contributed by atoms with E-state index in [9.17, 15) is 0 Å². The molecule has 0 amide bonds. The summed E-state index contributed by atoms with van der Waals surface area (Å²) in [6.07, 6.45) is 0. The zero-order valence-electron chi connectivity index (χ0n) is 6.70. The first-order valence-corrected chi connectivity index (χ1v) is 5.25. The molecule has 0 saturated heterocycles. The van der Waals surface area contributed by atoms with Gasteiger partial charge in [0.2, 0.25) is 0 Å². The molecule has 76 valence electrons. The van der Waals surface area contributed by atoms with Crippen LogP contribution < -0.4 is 0 Å². The average molecular weight is 261 g/mol. The third-order valence-electron chi connectivity index (χ3n) is 0.218. The van der Waals surface area contributed by atoms with E-state index in [-0.39, 0.29) is 0 Å². The van der Waals surface area contributed by atoms with Crippen molar-refractivity contribution in [2.45, 2.75) is 13.8 Å². The van der Waals surface area contributed by atoms with Crippen LogP contribution in [0.1, 0.15) is 13.8 Å². The molecule has 12 heavy (non-hydrogen) atoms. The van der Waals surface area contributed by atoms with Crippen LogP contribution >= 0.6 is 23.7 Å². The van der Waals surface area contributed by atoms with Crippen LogP contribution in [-0.2, 0) is 31.3 Å². The van der Waals surface area contributed by atoms with Gasteiger partial charge in [-0.2, -0.15) is 0 Å². The molecule has 8 heteroatoms. The van der Waals surface area contributed by atoms with Gasteiger partial charge in [-0.25, -0.2) is 0 Å². The first kappa shape index (κ1) is 18.4. The molecular formula is C4H11Cl2O5V. The molecule has 0 aromatic heterocycles. The maximum atomic E-state index is 8.67. The van der Waals surface area contributed by atoms with E-state index in [0.29, 0.717) is 13.2 Å². The van der Waals surface area contributed by atoms with Gasteiger partial charge in [-0.1, -0.05) is 0 Å². The summed E-state index contributed by atoms with van der Waals surface area (Å²) < 4.78 is 32.5. The topological polar surface area (TPSA) is 72.8 Å². The fourth-order valence-corrected chi connectivity index (χ4v) is 0. The summed E-state index contributed by atoms with van der Waals surface area (Å²) in [6, 6.07) is 0.